The van der Waals surface area contributed by atoms with Crippen molar-refractivity contribution in [2.45, 2.75) is 13.3 Å². The van der Waals surface area contributed by atoms with Crippen LogP contribution in [0.25, 0.3) is 10.2 Å². The van der Waals surface area contributed by atoms with E-state index in [0.29, 0.717) is 11.4 Å². The van der Waals surface area contributed by atoms with Gasteiger partial charge in [0.05, 0.1) is 16.6 Å². The van der Waals surface area contributed by atoms with Crippen molar-refractivity contribution in [2.75, 3.05) is 31.1 Å². The summed E-state index contributed by atoms with van der Waals surface area (Å²) < 4.78 is 1.22. The SMILES string of the molecule is Cc1cccc2sc(N3CCN(C(=O)Cc4ccccc4Cl)CC3)nc12. The van der Waals surface area contributed by atoms with Gasteiger partial charge in [-0.15, -0.1) is 0 Å². The highest BCUT2D eigenvalue weighted by Gasteiger charge is 2.23. The Bertz CT molecular complexity index is 947. The van der Waals surface area contributed by atoms with Gasteiger partial charge in [0.1, 0.15) is 0 Å². The Labute approximate surface area is 162 Å². The second kappa shape index (κ2) is 7.25. The predicted octanol–water partition coefficient (Wildman–Crippen LogP) is 4.15. The number of hydrogen-bond acceptors (Lipinski definition) is 4. The standard InChI is InChI=1S/C20H20ClN3OS/c1-14-5-4-8-17-19(14)22-20(26-17)24-11-9-23(10-12-24)18(25)13-15-6-2-3-7-16(15)21/h2-8H,9-13H2,1H3. The molecule has 0 spiro atoms. The van der Waals surface area contributed by atoms with Crippen LogP contribution in [0, 0.1) is 6.92 Å². The molecule has 0 atom stereocenters. The van der Waals surface area contributed by atoms with E-state index in [2.05, 4.69) is 30.0 Å². The second-order valence-corrected chi connectivity index (χ2v) is 7.97. The van der Waals surface area contributed by atoms with Gasteiger partial charge in [0, 0.05) is 31.2 Å². The fourth-order valence-electron chi connectivity index (χ4n) is 3.27. The van der Waals surface area contributed by atoms with E-state index in [-0.39, 0.29) is 5.91 Å². The van der Waals surface area contributed by atoms with Gasteiger partial charge in [-0.05, 0) is 30.2 Å². The Kier molecular flexibility index (Phi) is 4.83. The number of benzene rings is 2. The van der Waals surface area contributed by atoms with Crippen molar-refractivity contribution in [3.05, 3.63) is 58.6 Å². The molecule has 1 aliphatic rings. The molecule has 0 unspecified atom stereocenters. The number of aromatic nitrogens is 1. The number of amides is 1. The Morgan fingerprint density at radius 3 is 2.62 bits per heavy atom. The molecule has 6 heteroatoms. The molecule has 4 rings (SSSR count). The summed E-state index contributed by atoms with van der Waals surface area (Å²) in [4.78, 5) is 21.6. The first-order valence-corrected chi connectivity index (χ1v) is 9.93. The van der Waals surface area contributed by atoms with Crippen LogP contribution in [0.1, 0.15) is 11.1 Å². The van der Waals surface area contributed by atoms with Gasteiger partial charge in [-0.2, -0.15) is 0 Å². The van der Waals surface area contributed by atoms with Gasteiger partial charge in [-0.25, -0.2) is 4.98 Å². The Morgan fingerprint density at radius 1 is 1.12 bits per heavy atom. The van der Waals surface area contributed by atoms with Crippen molar-refractivity contribution < 1.29 is 4.79 Å². The first-order chi connectivity index (χ1) is 12.6. The van der Waals surface area contributed by atoms with Crippen LogP contribution in [0.4, 0.5) is 5.13 Å². The number of anilines is 1. The number of piperazine rings is 1. The highest BCUT2D eigenvalue weighted by molar-refractivity contribution is 7.22. The third kappa shape index (κ3) is 3.41. The minimum Gasteiger partial charge on any atom is -0.345 e. The van der Waals surface area contributed by atoms with Crippen LogP contribution in [0.3, 0.4) is 0 Å². The highest BCUT2D eigenvalue weighted by atomic mass is 35.5. The molecule has 0 aliphatic carbocycles. The number of hydrogen-bond donors (Lipinski definition) is 0. The van der Waals surface area contributed by atoms with Crippen molar-refractivity contribution in [1.82, 2.24) is 9.88 Å². The van der Waals surface area contributed by atoms with Crippen LogP contribution in [0.15, 0.2) is 42.5 Å². The zero-order chi connectivity index (χ0) is 18.1. The number of carbonyl (C=O) groups excluding carboxylic acids is 1. The lowest BCUT2D eigenvalue weighted by Gasteiger charge is -2.34. The number of nitrogens with zero attached hydrogens (tertiary/aromatic N) is 3. The topological polar surface area (TPSA) is 36.4 Å². The Hall–Kier alpha value is -2.11. The van der Waals surface area contributed by atoms with Crippen molar-refractivity contribution in [2.24, 2.45) is 0 Å². The van der Waals surface area contributed by atoms with E-state index in [4.69, 9.17) is 16.6 Å². The number of thiazole rings is 1. The smallest absolute Gasteiger partial charge is 0.227 e. The van der Waals surface area contributed by atoms with E-state index in [9.17, 15) is 4.79 Å². The molecule has 2 aromatic carbocycles. The van der Waals surface area contributed by atoms with Gasteiger partial charge in [0.15, 0.2) is 5.13 Å². The van der Waals surface area contributed by atoms with Crippen LogP contribution >= 0.6 is 22.9 Å². The van der Waals surface area contributed by atoms with E-state index in [1.165, 1.54) is 10.3 Å². The Morgan fingerprint density at radius 2 is 1.88 bits per heavy atom. The van der Waals surface area contributed by atoms with E-state index in [1.54, 1.807) is 11.3 Å². The van der Waals surface area contributed by atoms with Gasteiger partial charge in [-0.1, -0.05) is 53.3 Å². The lowest BCUT2D eigenvalue weighted by Crippen LogP contribution is -2.49. The van der Waals surface area contributed by atoms with Crippen molar-refractivity contribution >= 4 is 44.2 Å². The van der Waals surface area contributed by atoms with Crippen molar-refractivity contribution in [1.29, 1.82) is 0 Å². The van der Waals surface area contributed by atoms with Gasteiger partial charge in [0.2, 0.25) is 5.91 Å². The van der Waals surface area contributed by atoms with Crippen LogP contribution in [-0.4, -0.2) is 42.0 Å². The summed E-state index contributed by atoms with van der Waals surface area (Å²) in [5.74, 6) is 0.137. The van der Waals surface area contributed by atoms with Crippen LogP contribution in [-0.2, 0) is 11.2 Å². The third-order valence-electron chi connectivity index (χ3n) is 4.81. The van der Waals surface area contributed by atoms with E-state index < -0.39 is 0 Å². The summed E-state index contributed by atoms with van der Waals surface area (Å²) in [6, 6.07) is 13.8. The lowest BCUT2D eigenvalue weighted by atomic mass is 10.1. The summed E-state index contributed by atoms with van der Waals surface area (Å²) in [5.41, 5.74) is 3.19. The minimum absolute atomic E-state index is 0.137. The summed E-state index contributed by atoms with van der Waals surface area (Å²) in [7, 11) is 0. The van der Waals surface area contributed by atoms with E-state index >= 15 is 0 Å². The summed E-state index contributed by atoms with van der Waals surface area (Å²) in [6.07, 6.45) is 0.361. The summed E-state index contributed by atoms with van der Waals surface area (Å²) in [6.45, 7) is 5.16. The minimum atomic E-state index is 0.137. The fourth-order valence-corrected chi connectivity index (χ4v) is 4.57. The molecule has 3 aromatic rings. The molecule has 0 saturated carbocycles. The fraction of sp³-hybridized carbons (Fsp3) is 0.300. The first-order valence-electron chi connectivity index (χ1n) is 8.74. The number of carbonyl (C=O) groups is 1. The van der Waals surface area contributed by atoms with Crippen LogP contribution in [0.2, 0.25) is 5.02 Å². The van der Waals surface area contributed by atoms with Crippen LogP contribution in [0.5, 0.6) is 0 Å². The molecule has 1 aliphatic heterocycles. The molecule has 2 heterocycles. The maximum Gasteiger partial charge on any atom is 0.227 e. The van der Waals surface area contributed by atoms with Gasteiger partial charge in [0.25, 0.3) is 0 Å². The predicted molar refractivity (Wildman–Crippen MR) is 108 cm³/mol. The maximum absolute atomic E-state index is 12.6. The zero-order valence-corrected chi connectivity index (χ0v) is 16.2. The maximum atomic E-state index is 12.6. The number of para-hydroxylation sites is 1. The zero-order valence-electron chi connectivity index (χ0n) is 14.6. The summed E-state index contributed by atoms with van der Waals surface area (Å²) in [5, 5.41) is 1.71. The molecule has 0 radical (unpaired) electrons. The Balaban J connectivity index is 1.41. The number of halogens is 1. The average Bonchev–Trinajstić information content (AvgIpc) is 3.09. The monoisotopic (exact) mass is 385 g/mol. The molecule has 134 valence electrons. The van der Waals surface area contributed by atoms with E-state index in [1.807, 2.05) is 29.2 Å². The molecular weight excluding hydrogens is 366 g/mol. The number of aryl methyl sites for hydroxylation is 1. The van der Waals surface area contributed by atoms with Gasteiger partial charge >= 0.3 is 0 Å². The molecule has 0 bridgehead atoms. The first kappa shape index (κ1) is 17.3. The quantitative estimate of drug-likeness (QED) is 0.679. The largest absolute Gasteiger partial charge is 0.345 e. The molecule has 4 nitrogen and oxygen atoms in total. The molecule has 1 fully saturated rings. The third-order valence-corrected chi connectivity index (χ3v) is 6.26. The molecular formula is C20H20ClN3OS. The number of rotatable bonds is 3. The normalized spacial score (nSPS) is 14.8. The van der Waals surface area contributed by atoms with Gasteiger partial charge in [-0.3, -0.25) is 4.79 Å². The summed E-state index contributed by atoms with van der Waals surface area (Å²) >= 11 is 7.90. The molecule has 0 N–H and O–H groups in total. The lowest BCUT2D eigenvalue weighted by molar-refractivity contribution is -0.130. The number of fused-ring (bicyclic) bond motifs is 1. The second-order valence-electron chi connectivity index (χ2n) is 6.55. The average molecular weight is 386 g/mol. The molecule has 1 amide bonds. The molecule has 26 heavy (non-hydrogen) atoms. The molecule has 1 aromatic heterocycles. The van der Waals surface area contributed by atoms with Crippen molar-refractivity contribution in [3.8, 4) is 0 Å². The highest BCUT2D eigenvalue weighted by Crippen LogP contribution is 2.31. The van der Waals surface area contributed by atoms with Crippen molar-refractivity contribution in [3.63, 3.8) is 0 Å². The van der Waals surface area contributed by atoms with Gasteiger partial charge < -0.3 is 9.80 Å². The van der Waals surface area contributed by atoms with E-state index in [0.717, 1.165) is 42.4 Å². The van der Waals surface area contributed by atoms with Crippen LogP contribution < -0.4 is 4.90 Å². The molecule has 1 saturated heterocycles.